The van der Waals surface area contributed by atoms with E-state index in [2.05, 4.69) is 0 Å². The Morgan fingerprint density at radius 2 is 1.94 bits per heavy atom. The van der Waals surface area contributed by atoms with E-state index in [0.717, 1.165) is 11.8 Å². The van der Waals surface area contributed by atoms with Crippen molar-refractivity contribution >= 4 is 21.4 Å². The van der Waals surface area contributed by atoms with Gasteiger partial charge >= 0.3 is 0 Å². The van der Waals surface area contributed by atoms with Crippen LogP contribution in [0.5, 0.6) is 0 Å². The average Bonchev–Trinajstić information content (AvgIpc) is 2.87. The zero-order valence-electron chi connectivity index (χ0n) is 9.30. The molecule has 3 atom stereocenters. The molecule has 1 aromatic rings. The van der Waals surface area contributed by atoms with Gasteiger partial charge in [-0.2, -0.15) is 0 Å². The molecule has 0 amide bonds. The highest BCUT2D eigenvalue weighted by atomic mass is 35.5. The van der Waals surface area contributed by atoms with Crippen molar-refractivity contribution in [3.05, 3.63) is 34.9 Å². The third-order valence-electron chi connectivity index (χ3n) is 3.27. The van der Waals surface area contributed by atoms with Gasteiger partial charge in [-0.3, -0.25) is 0 Å². The molecule has 1 saturated carbocycles. The minimum Gasteiger partial charge on any atom is -0.394 e. The van der Waals surface area contributed by atoms with Crippen LogP contribution in [0.2, 0.25) is 5.02 Å². The van der Waals surface area contributed by atoms with E-state index < -0.39 is 20.6 Å². The van der Waals surface area contributed by atoms with Crippen LogP contribution in [-0.4, -0.2) is 37.2 Å². The normalized spacial score (nSPS) is 32.5. The summed E-state index contributed by atoms with van der Waals surface area (Å²) in [6.45, 7) is -0.349. The Balaban J connectivity index is 2.37. The Bertz CT molecular complexity index is 528. The highest BCUT2D eigenvalue weighted by molar-refractivity contribution is 7.91. The quantitative estimate of drug-likeness (QED) is 0.844. The summed E-state index contributed by atoms with van der Waals surface area (Å²) in [5.74, 6) is -0.361. The molecule has 3 N–H and O–H groups in total. The van der Waals surface area contributed by atoms with Crippen molar-refractivity contribution in [2.45, 2.75) is 16.7 Å². The highest BCUT2D eigenvalue weighted by Gasteiger charge is 2.67. The van der Waals surface area contributed by atoms with Crippen LogP contribution in [0.4, 0.5) is 0 Å². The minimum atomic E-state index is -3.27. The molecular weight excluding hydrogens is 262 g/mol. The standard InChI is InChI=1S/C11H14ClNO3S/c1-17(15,16)10-9(11(10,13)6-14)7-2-4-8(12)5-3-7/h2-5,9-10,14H,6,13H2,1H3/t9-,10-,11-/m0/s1. The molecule has 4 nitrogen and oxygen atoms in total. The van der Waals surface area contributed by atoms with E-state index in [1.54, 1.807) is 24.3 Å². The second-order valence-corrected chi connectivity index (χ2v) is 7.15. The topological polar surface area (TPSA) is 80.4 Å². The van der Waals surface area contributed by atoms with E-state index in [0.29, 0.717) is 5.02 Å². The first kappa shape index (κ1) is 12.8. The first-order valence-electron chi connectivity index (χ1n) is 5.15. The van der Waals surface area contributed by atoms with Crippen molar-refractivity contribution < 1.29 is 13.5 Å². The summed E-state index contributed by atoms with van der Waals surface area (Å²) in [6, 6.07) is 6.86. The maximum Gasteiger partial charge on any atom is 0.152 e. The number of benzene rings is 1. The number of aliphatic hydroxyl groups is 1. The van der Waals surface area contributed by atoms with Crippen LogP contribution in [0.15, 0.2) is 24.3 Å². The summed E-state index contributed by atoms with van der Waals surface area (Å²) in [7, 11) is -3.27. The fraction of sp³-hybridized carbons (Fsp3) is 0.455. The van der Waals surface area contributed by atoms with Crippen LogP contribution in [0.1, 0.15) is 11.5 Å². The molecule has 1 aliphatic rings. The molecule has 2 rings (SSSR count). The van der Waals surface area contributed by atoms with Gasteiger partial charge in [-0.05, 0) is 17.7 Å². The second kappa shape index (κ2) is 3.95. The fourth-order valence-corrected chi connectivity index (χ4v) is 4.38. The molecule has 0 radical (unpaired) electrons. The number of halogens is 1. The monoisotopic (exact) mass is 275 g/mol. The van der Waals surface area contributed by atoms with Crippen molar-refractivity contribution in [3.8, 4) is 0 Å². The predicted molar refractivity (Wildman–Crippen MR) is 66.8 cm³/mol. The van der Waals surface area contributed by atoms with Crippen LogP contribution in [0, 0.1) is 0 Å². The fourth-order valence-electron chi connectivity index (χ4n) is 2.41. The van der Waals surface area contributed by atoms with Crippen molar-refractivity contribution in [2.24, 2.45) is 5.73 Å². The largest absolute Gasteiger partial charge is 0.394 e. The Morgan fingerprint density at radius 1 is 1.41 bits per heavy atom. The van der Waals surface area contributed by atoms with Crippen molar-refractivity contribution in [3.63, 3.8) is 0 Å². The third-order valence-corrected chi connectivity index (χ3v) is 5.15. The van der Waals surface area contributed by atoms with Crippen LogP contribution in [0.3, 0.4) is 0 Å². The molecule has 1 aliphatic carbocycles. The zero-order chi connectivity index (χ0) is 12.8. The molecule has 0 saturated heterocycles. The molecule has 1 aromatic carbocycles. The maximum atomic E-state index is 11.6. The number of sulfone groups is 1. The highest BCUT2D eigenvalue weighted by Crippen LogP contribution is 2.53. The van der Waals surface area contributed by atoms with Gasteiger partial charge in [0.25, 0.3) is 0 Å². The number of hydrogen-bond acceptors (Lipinski definition) is 4. The predicted octanol–water partition coefficient (Wildman–Crippen LogP) is 0.540. The molecule has 0 spiro atoms. The molecule has 0 aromatic heterocycles. The number of rotatable bonds is 3. The van der Waals surface area contributed by atoms with E-state index in [-0.39, 0.29) is 12.5 Å². The summed E-state index contributed by atoms with van der Waals surface area (Å²) in [4.78, 5) is 0. The van der Waals surface area contributed by atoms with Crippen molar-refractivity contribution in [1.29, 1.82) is 0 Å². The smallest absolute Gasteiger partial charge is 0.152 e. The molecular formula is C11H14ClNO3S. The summed E-state index contributed by atoms with van der Waals surface area (Å²) >= 11 is 5.77. The molecule has 94 valence electrons. The van der Waals surface area contributed by atoms with Gasteiger partial charge in [0.1, 0.15) is 0 Å². The van der Waals surface area contributed by atoms with Gasteiger partial charge in [-0.25, -0.2) is 8.42 Å². The molecule has 17 heavy (non-hydrogen) atoms. The van der Waals surface area contributed by atoms with Crippen molar-refractivity contribution in [2.75, 3.05) is 12.9 Å². The van der Waals surface area contributed by atoms with E-state index >= 15 is 0 Å². The third kappa shape index (κ3) is 2.08. The second-order valence-electron chi connectivity index (χ2n) is 4.55. The SMILES string of the molecule is CS(=O)(=O)[C@H]1[C@H](c2ccc(Cl)cc2)[C@@]1(N)CO. The molecule has 0 unspecified atom stereocenters. The average molecular weight is 276 g/mol. The Morgan fingerprint density at radius 3 is 2.29 bits per heavy atom. The van der Waals surface area contributed by atoms with Gasteiger partial charge in [0.15, 0.2) is 9.84 Å². The van der Waals surface area contributed by atoms with Gasteiger partial charge in [0.05, 0.1) is 17.4 Å². The van der Waals surface area contributed by atoms with Crippen LogP contribution in [0.25, 0.3) is 0 Å². The van der Waals surface area contributed by atoms with Gasteiger partial charge < -0.3 is 10.8 Å². The zero-order valence-corrected chi connectivity index (χ0v) is 10.9. The van der Waals surface area contributed by atoms with Gasteiger partial charge in [-0.15, -0.1) is 0 Å². The molecule has 0 aliphatic heterocycles. The minimum absolute atomic E-state index is 0.349. The van der Waals surface area contributed by atoms with E-state index in [1.807, 2.05) is 0 Å². The van der Waals surface area contributed by atoms with Gasteiger partial charge in [0.2, 0.25) is 0 Å². The lowest BCUT2D eigenvalue weighted by molar-refractivity contribution is 0.253. The van der Waals surface area contributed by atoms with E-state index in [9.17, 15) is 13.5 Å². The lowest BCUT2D eigenvalue weighted by Crippen LogP contribution is -2.34. The molecule has 0 heterocycles. The Hall–Kier alpha value is -0.620. The summed E-state index contributed by atoms with van der Waals surface area (Å²) in [6.07, 6.45) is 1.14. The number of aliphatic hydroxyl groups excluding tert-OH is 1. The molecule has 0 bridgehead atoms. The molecule has 1 fully saturated rings. The maximum absolute atomic E-state index is 11.6. The molecule has 6 heteroatoms. The first-order valence-corrected chi connectivity index (χ1v) is 7.48. The Kier molecular flexibility index (Phi) is 2.98. The summed E-state index contributed by atoms with van der Waals surface area (Å²) < 4.78 is 23.2. The lowest BCUT2D eigenvalue weighted by atomic mass is 10.1. The lowest BCUT2D eigenvalue weighted by Gasteiger charge is -2.06. The van der Waals surface area contributed by atoms with Crippen LogP contribution in [-0.2, 0) is 9.84 Å². The first-order chi connectivity index (χ1) is 7.80. The number of nitrogens with two attached hydrogens (primary N) is 1. The van der Waals surface area contributed by atoms with Gasteiger partial charge in [0, 0.05) is 17.2 Å². The summed E-state index contributed by atoms with van der Waals surface area (Å²) in [5, 5.41) is 9.13. The van der Waals surface area contributed by atoms with E-state index in [1.165, 1.54) is 0 Å². The van der Waals surface area contributed by atoms with Crippen LogP contribution < -0.4 is 5.73 Å². The Labute approximate surface area is 105 Å². The van der Waals surface area contributed by atoms with Gasteiger partial charge in [-0.1, -0.05) is 23.7 Å². The van der Waals surface area contributed by atoms with Crippen LogP contribution >= 0.6 is 11.6 Å². The number of hydrogen-bond donors (Lipinski definition) is 2. The van der Waals surface area contributed by atoms with E-state index in [4.69, 9.17) is 17.3 Å². The summed E-state index contributed by atoms with van der Waals surface area (Å²) in [5.41, 5.74) is 5.65. The van der Waals surface area contributed by atoms with Crippen molar-refractivity contribution in [1.82, 2.24) is 0 Å².